The SMILES string of the molecule is CCC(=O)NC(=N)[C@@H]1CC[C@@H]2CN1C(=O)N2OS(=O)(=O)O. The van der Waals surface area contributed by atoms with E-state index >= 15 is 0 Å². The van der Waals surface area contributed by atoms with Gasteiger partial charge in [-0.15, -0.1) is 4.28 Å². The highest BCUT2D eigenvalue weighted by Crippen LogP contribution is 2.30. The zero-order valence-electron chi connectivity index (χ0n) is 11.3. The third-order valence-corrected chi connectivity index (χ3v) is 3.77. The summed E-state index contributed by atoms with van der Waals surface area (Å²) < 4.78 is 34.4. The molecule has 0 spiro atoms. The molecule has 2 atom stereocenters. The summed E-state index contributed by atoms with van der Waals surface area (Å²) in [5.41, 5.74) is 0. The highest BCUT2D eigenvalue weighted by molar-refractivity contribution is 7.80. The number of carbonyl (C=O) groups is 2. The quantitative estimate of drug-likeness (QED) is 0.362. The zero-order chi connectivity index (χ0) is 15.8. The Labute approximate surface area is 121 Å². The van der Waals surface area contributed by atoms with Crippen LogP contribution in [0.15, 0.2) is 0 Å². The van der Waals surface area contributed by atoms with Gasteiger partial charge in [0.2, 0.25) is 5.91 Å². The molecule has 2 saturated heterocycles. The topological polar surface area (TPSA) is 140 Å². The highest BCUT2D eigenvalue weighted by atomic mass is 32.3. The summed E-state index contributed by atoms with van der Waals surface area (Å²) in [7, 11) is -4.78. The van der Waals surface area contributed by atoms with E-state index in [2.05, 4.69) is 9.60 Å². The molecule has 2 bridgehead atoms. The first kappa shape index (κ1) is 15.7. The summed E-state index contributed by atoms with van der Waals surface area (Å²) >= 11 is 0. The number of hydrogen-bond donors (Lipinski definition) is 3. The number of carbonyl (C=O) groups excluding carboxylic acids is 2. The Balaban J connectivity index is 2.10. The summed E-state index contributed by atoms with van der Waals surface area (Å²) in [5.74, 6) is -0.442. The molecule has 2 rings (SSSR count). The molecule has 10 nitrogen and oxygen atoms in total. The van der Waals surface area contributed by atoms with E-state index in [1.165, 1.54) is 4.90 Å². The maximum atomic E-state index is 12.1. The molecule has 0 saturated carbocycles. The molecule has 3 amide bonds. The molecule has 2 fully saturated rings. The van der Waals surface area contributed by atoms with Gasteiger partial charge in [-0.05, 0) is 12.8 Å². The zero-order valence-corrected chi connectivity index (χ0v) is 12.1. The van der Waals surface area contributed by atoms with E-state index in [4.69, 9.17) is 9.96 Å². The monoisotopic (exact) mass is 320 g/mol. The standard InChI is InChI=1S/C10H16N4O6S/c1-2-8(15)12-9(11)7-4-3-6-5-13(7)10(16)14(6)20-21(17,18)19/h6-7H,2-5H2,1H3,(H2,11,12,15)(H,17,18,19)/t6-,7+/m1/s1. The molecule has 0 aromatic carbocycles. The summed E-state index contributed by atoms with van der Waals surface area (Å²) in [5, 5.41) is 10.8. The van der Waals surface area contributed by atoms with Crippen LogP contribution in [-0.2, 0) is 19.5 Å². The third kappa shape index (κ3) is 3.31. The second kappa shape index (κ2) is 5.58. The third-order valence-electron chi connectivity index (χ3n) is 3.43. The number of urea groups is 1. The van der Waals surface area contributed by atoms with Crippen LogP contribution in [0.1, 0.15) is 26.2 Å². The first-order valence-electron chi connectivity index (χ1n) is 6.38. The molecule has 11 heteroatoms. The molecular weight excluding hydrogens is 304 g/mol. The van der Waals surface area contributed by atoms with Crippen molar-refractivity contribution in [3.05, 3.63) is 0 Å². The molecule has 0 aliphatic carbocycles. The first-order chi connectivity index (χ1) is 9.73. The Hall–Kier alpha value is -1.72. The molecule has 3 N–H and O–H groups in total. The van der Waals surface area contributed by atoms with Crippen molar-refractivity contribution in [3.63, 3.8) is 0 Å². The Morgan fingerprint density at radius 3 is 2.76 bits per heavy atom. The lowest BCUT2D eigenvalue weighted by atomic mass is 10.00. The predicted octanol–water partition coefficient (Wildman–Crippen LogP) is -0.507. The Morgan fingerprint density at radius 2 is 2.19 bits per heavy atom. The van der Waals surface area contributed by atoms with Gasteiger partial charge in [0.1, 0.15) is 5.84 Å². The fraction of sp³-hybridized carbons (Fsp3) is 0.700. The molecule has 2 aliphatic heterocycles. The van der Waals surface area contributed by atoms with Gasteiger partial charge in [-0.1, -0.05) is 6.92 Å². The van der Waals surface area contributed by atoms with Gasteiger partial charge in [0.15, 0.2) is 0 Å². The number of piperidine rings is 1. The molecule has 0 unspecified atom stereocenters. The van der Waals surface area contributed by atoms with E-state index < -0.39 is 28.5 Å². The van der Waals surface area contributed by atoms with Crippen LogP contribution in [0, 0.1) is 5.41 Å². The second-order valence-corrected chi connectivity index (χ2v) is 5.83. The number of hydrogen-bond acceptors (Lipinski definition) is 6. The smallest absolute Gasteiger partial charge is 0.313 e. The largest absolute Gasteiger partial charge is 0.418 e. The van der Waals surface area contributed by atoms with Crippen molar-refractivity contribution >= 4 is 28.2 Å². The predicted molar refractivity (Wildman–Crippen MR) is 69.5 cm³/mol. The minimum Gasteiger partial charge on any atom is -0.313 e. The maximum Gasteiger partial charge on any atom is 0.418 e. The lowest BCUT2D eigenvalue weighted by molar-refractivity contribution is -0.119. The van der Waals surface area contributed by atoms with E-state index in [0.717, 1.165) is 0 Å². The molecule has 0 radical (unpaired) electrons. The van der Waals surface area contributed by atoms with Crippen molar-refractivity contribution in [1.82, 2.24) is 15.3 Å². The Kier molecular flexibility index (Phi) is 4.16. The van der Waals surface area contributed by atoms with Crippen LogP contribution >= 0.6 is 0 Å². The first-order valence-corrected chi connectivity index (χ1v) is 7.74. The minimum atomic E-state index is -4.78. The fourth-order valence-corrected chi connectivity index (χ4v) is 2.84. The van der Waals surface area contributed by atoms with Crippen molar-refractivity contribution in [3.8, 4) is 0 Å². The summed E-state index contributed by atoms with van der Waals surface area (Å²) in [6.07, 6.45) is 1.00. The van der Waals surface area contributed by atoms with E-state index in [-0.39, 0.29) is 24.7 Å². The van der Waals surface area contributed by atoms with Crippen LogP contribution in [0.25, 0.3) is 0 Å². The number of fused-ring (bicyclic) bond motifs is 2. The lowest BCUT2D eigenvalue weighted by Gasteiger charge is -2.30. The van der Waals surface area contributed by atoms with Gasteiger partial charge in [-0.3, -0.25) is 14.8 Å². The van der Waals surface area contributed by atoms with Crippen molar-refractivity contribution in [2.75, 3.05) is 6.54 Å². The van der Waals surface area contributed by atoms with Gasteiger partial charge in [0.05, 0.1) is 12.1 Å². The van der Waals surface area contributed by atoms with Crippen LogP contribution in [0.2, 0.25) is 0 Å². The molecule has 2 aliphatic rings. The molecule has 21 heavy (non-hydrogen) atoms. The molecule has 0 aromatic rings. The van der Waals surface area contributed by atoms with Gasteiger partial charge in [-0.2, -0.15) is 13.5 Å². The van der Waals surface area contributed by atoms with Gasteiger partial charge in [0, 0.05) is 13.0 Å². The average molecular weight is 320 g/mol. The summed E-state index contributed by atoms with van der Waals surface area (Å²) in [6, 6.07) is -1.90. The summed E-state index contributed by atoms with van der Waals surface area (Å²) in [4.78, 5) is 24.6. The van der Waals surface area contributed by atoms with Gasteiger partial charge in [-0.25, -0.2) is 4.79 Å². The number of amidine groups is 1. The molecule has 2 heterocycles. The number of amides is 3. The van der Waals surface area contributed by atoms with E-state index in [9.17, 15) is 18.0 Å². The van der Waals surface area contributed by atoms with Crippen LogP contribution in [0.5, 0.6) is 0 Å². The molecular formula is C10H16N4O6S. The van der Waals surface area contributed by atoms with E-state index in [0.29, 0.717) is 17.9 Å². The lowest BCUT2D eigenvalue weighted by Crippen LogP contribution is -2.50. The van der Waals surface area contributed by atoms with Gasteiger partial charge < -0.3 is 10.2 Å². The maximum absolute atomic E-state index is 12.1. The second-order valence-electron chi connectivity index (χ2n) is 4.83. The average Bonchev–Trinajstić information content (AvgIpc) is 2.62. The van der Waals surface area contributed by atoms with Crippen LogP contribution < -0.4 is 5.32 Å². The van der Waals surface area contributed by atoms with Crippen LogP contribution in [0.4, 0.5) is 4.79 Å². The fourth-order valence-electron chi connectivity index (χ4n) is 2.45. The Bertz CT molecular complexity index is 576. The van der Waals surface area contributed by atoms with Crippen molar-refractivity contribution in [2.24, 2.45) is 0 Å². The van der Waals surface area contributed by atoms with Gasteiger partial charge in [0.25, 0.3) is 0 Å². The number of rotatable bonds is 4. The highest BCUT2D eigenvalue weighted by Gasteiger charge is 2.48. The van der Waals surface area contributed by atoms with Crippen molar-refractivity contribution < 1.29 is 26.8 Å². The van der Waals surface area contributed by atoms with Crippen molar-refractivity contribution in [2.45, 2.75) is 38.3 Å². The van der Waals surface area contributed by atoms with Crippen LogP contribution in [0.3, 0.4) is 0 Å². The molecule has 118 valence electrons. The van der Waals surface area contributed by atoms with Crippen LogP contribution in [-0.4, -0.2) is 59.3 Å². The number of hydroxylamine groups is 2. The van der Waals surface area contributed by atoms with E-state index in [1.807, 2.05) is 0 Å². The Morgan fingerprint density at radius 1 is 1.52 bits per heavy atom. The summed E-state index contributed by atoms with van der Waals surface area (Å²) in [6.45, 7) is 1.81. The number of nitrogens with zero attached hydrogens (tertiary/aromatic N) is 2. The normalized spacial score (nSPS) is 25.1. The van der Waals surface area contributed by atoms with Crippen molar-refractivity contribution in [1.29, 1.82) is 5.41 Å². The molecule has 0 aromatic heterocycles. The van der Waals surface area contributed by atoms with Gasteiger partial charge >= 0.3 is 16.4 Å². The number of nitrogens with one attached hydrogen (secondary N) is 2. The van der Waals surface area contributed by atoms with E-state index in [1.54, 1.807) is 6.92 Å². The minimum absolute atomic E-state index is 0.109.